The highest BCUT2D eigenvalue weighted by Crippen LogP contribution is 1.98. The summed E-state index contributed by atoms with van der Waals surface area (Å²) in [6, 6.07) is 6.60. The van der Waals surface area contributed by atoms with E-state index in [0.717, 1.165) is 6.42 Å². The third-order valence-electron chi connectivity index (χ3n) is 2.49. The van der Waals surface area contributed by atoms with Gasteiger partial charge >= 0.3 is 0 Å². The minimum absolute atomic E-state index is 1.15. The standard InChI is InChI=1S/C12H14/c1-2-10-7-5-8-11-6-3-4-9-12(10)11/h5-9H,2-4H2,1H3. The lowest BCUT2D eigenvalue weighted by Crippen LogP contribution is -2.29. The Morgan fingerprint density at radius 3 is 2.83 bits per heavy atom. The van der Waals surface area contributed by atoms with Gasteiger partial charge in [-0.05, 0) is 35.3 Å². The topological polar surface area (TPSA) is 0 Å². The Morgan fingerprint density at radius 1 is 1.17 bits per heavy atom. The zero-order chi connectivity index (χ0) is 8.39. The van der Waals surface area contributed by atoms with Gasteiger partial charge in [-0.15, -0.1) is 0 Å². The number of benzene rings is 1. The maximum absolute atomic E-state index is 2.37. The van der Waals surface area contributed by atoms with Gasteiger partial charge in [-0.2, -0.15) is 0 Å². The SMILES string of the molecule is CCc1cccc2c1=CCCC=2. The monoisotopic (exact) mass is 158 g/mol. The van der Waals surface area contributed by atoms with Crippen molar-refractivity contribution in [2.75, 3.05) is 0 Å². The van der Waals surface area contributed by atoms with Gasteiger partial charge in [-0.25, -0.2) is 0 Å². The molecule has 0 aliphatic heterocycles. The van der Waals surface area contributed by atoms with Gasteiger partial charge in [0, 0.05) is 0 Å². The first-order valence-electron chi connectivity index (χ1n) is 4.70. The first-order chi connectivity index (χ1) is 5.92. The molecule has 0 heterocycles. The zero-order valence-electron chi connectivity index (χ0n) is 7.51. The molecule has 0 aromatic heterocycles. The third kappa shape index (κ3) is 1.18. The Hall–Kier alpha value is -1.04. The van der Waals surface area contributed by atoms with Gasteiger partial charge in [-0.1, -0.05) is 37.3 Å². The average Bonchev–Trinajstić information content (AvgIpc) is 2.17. The van der Waals surface area contributed by atoms with Crippen molar-refractivity contribution in [1.82, 2.24) is 0 Å². The van der Waals surface area contributed by atoms with Crippen LogP contribution in [0, 0.1) is 0 Å². The second-order valence-electron chi connectivity index (χ2n) is 3.26. The maximum Gasteiger partial charge on any atom is -0.0195 e. The van der Waals surface area contributed by atoms with Gasteiger partial charge in [0.2, 0.25) is 0 Å². The summed E-state index contributed by atoms with van der Waals surface area (Å²) in [7, 11) is 0. The molecule has 0 N–H and O–H groups in total. The molecule has 62 valence electrons. The van der Waals surface area contributed by atoms with Crippen LogP contribution in [0.3, 0.4) is 0 Å². The van der Waals surface area contributed by atoms with Crippen LogP contribution in [0.5, 0.6) is 0 Å². The Bertz CT molecular complexity index is 385. The van der Waals surface area contributed by atoms with Crippen molar-refractivity contribution in [3.63, 3.8) is 0 Å². The zero-order valence-corrected chi connectivity index (χ0v) is 7.51. The molecule has 1 aliphatic rings. The molecule has 0 heteroatoms. The quantitative estimate of drug-likeness (QED) is 0.582. The predicted molar refractivity (Wildman–Crippen MR) is 53.2 cm³/mol. The largest absolute Gasteiger partial charge is 0.0764 e. The summed E-state index contributed by atoms with van der Waals surface area (Å²) in [4.78, 5) is 0. The highest BCUT2D eigenvalue weighted by Gasteiger charge is 1.96. The molecule has 0 atom stereocenters. The van der Waals surface area contributed by atoms with Crippen molar-refractivity contribution < 1.29 is 0 Å². The summed E-state index contributed by atoms with van der Waals surface area (Å²) in [6.07, 6.45) is 8.28. The van der Waals surface area contributed by atoms with E-state index in [-0.39, 0.29) is 0 Å². The number of fused-ring (bicyclic) bond motifs is 1. The lowest BCUT2D eigenvalue weighted by Gasteiger charge is -2.03. The van der Waals surface area contributed by atoms with Crippen molar-refractivity contribution in [2.45, 2.75) is 26.2 Å². The predicted octanol–water partition coefficient (Wildman–Crippen LogP) is 1.60. The summed E-state index contributed by atoms with van der Waals surface area (Å²) in [5.74, 6) is 0. The van der Waals surface area contributed by atoms with E-state index in [1.165, 1.54) is 28.8 Å². The normalized spacial score (nSPS) is 14.4. The van der Waals surface area contributed by atoms with Crippen LogP contribution in [0.2, 0.25) is 0 Å². The Morgan fingerprint density at radius 2 is 2.00 bits per heavy atom. The van der Waals surface area contributed by atoms with Crippen molar-refractivity contribution in [3.8, 4) is 0 Å². The first-order valence-corrected chi connectivity index (χ1v) is 4.70. The molecule has 0 fully saturated rings. The molecule has 1 aromatic rings. The van der Waals surface area contributed by atoms with Gasteiger partial charge in [0.15, 0.2) is 0 Å². The van der Waals surface area contributed by atoms with E-state index in [1.807, 2.05) is 0 Å². The van der Waals surface area contributed by atoms with Crippen LogP contribution < -0.4 is 10.4 Å². The van der Waals surface area contributed by atoms with E-state index in [2.05, 4.69) is 37.3 Å². The summed E-state index contributed by atoms with van der Waals surface area (Å²) >= 11 is 0. The van der Waals surface area contributed by atoms with Crippen molar-refractivity contribution in [1.29, 1.82) is 0 Å². The molecule has 0 saturated carbocycles. The second kappa shape index (κ2) is 3.14. The fourth-order valence-corrected chi connectivity index (χ4v) is 1.83. The van der Waals surface area contributed by atoms with Gasteiger partial charge in [0.1, 0.15) is 0 Å². The highest BCUT2D eigenvalue weighted by molar-refractivity contribution is 5.41. The Labute approximate surface area is 73.2 Å². The first kappa shape index (κ1) is 7.60. The van der Waals surface area contributed by atoms with Gasteiger partial charge in [0.05, 0.1) is 0 Å². The molecule has 1 aliphatic carbocycles. The van der Waals surface area contributed by atoms with Crippen LogP contribution >= 0.6 is 0 Å². The van der Waals surface area contributed by atoms with Crippen molar-refractivity contribution in [3.05, 3.63) is 34.2 Å². The van der Waals surface area contributed by atoms with Gasteiger partial charge < -0.3 is 0 Å². The van der Waals surface area contributed by atoms with E-state index in [9.17, 15) is 0 Å². The van der Waals surface area contributed by atoms with Crippen LogP contribution in [0.25, 0.3) is 12.2 Å². The average molecular weight is 158 g/mol. The molecule has 0 nitrogen and oxygen atoms in total. The van der Waals surface area contributed by atoms with Crippen molar-refractivity contribution in [2.24, 2.45) is 0 Å². The highest BCUT2D eigenvalue weighted by atomic mass is 14.0. The van der Waals surface area contributed by atoms with Crippen LogP contribution in [0.1, 0.15) is 25.3 Å². The van der Waals surface area contributed by atoms with Gasteiger partial charge in [-0.3, -0.25) is 0 Å². The van der Waals surface area contributed by atoms with E-state index in [0.29, 0.717) is 0 Å². The molecular formula is C12H14. The number of rotatable bonds is 1. The summed E-state index contributed by atoms with van der Waals surface area (Å²) in [5, 5.41) is 2.91. The number of aryl methyl sites for hydroxylation is 1. The summed E-state index contributed by atoms with van der Waals surface area (Å²) in [6.45, 7) is 2.22. The van der Waals surface area contributed by atoms with Crippen LogP contribution in [-0.4, -0.2) is 0 Å². The van der Waals surface area contributed by atoms with E-state index >= 15 is 0 Å². The molecule has 12 heavy (non-hydrogen) atoms. The number of hydrogen-bond donors (Lipinski definition) is 0. The van der Waals surface area contributed by atoms with E-state index in [4.69, 9.17) is 0 Å². The fraction of sp³-hybridized carbons (Fsp3) is 0.333. The molecule has 2 rings (SSSR count). The Kier molecular flexibility index (Phi) is 1.99. The molecule has 0 saturated heterocycles. The van der Waals surface area contributed by atoms with E-state index < -0.39 is 0 Å². The molecule has 0 amide bonds. The Balaban J connectivity index is 2.77. The smallest absolute Gasteiger partial charge is 0.0195 e. The van der Waals surface area contributed by atoms with Crippen LogP contribution in [0.4, 0.5) is 0 Å². The molecular weight excluding hydrogens is 144 g/mol. The molecule has 1 aromatic carbocycles. The van der Waals surface area contributed by atoms with Crippen LogP contribution in [-0.2, 0) is 6.42 Å². The summed E-state index contributed by atoms with van der Waals surface area (Å²) in [5.41, 5.74) is 1.49. The van der Waals surface area contributed by atoms with Crippen LogP contribution in [0.15, 0.2) is 18.2 Å². The lowest BCUT2D eigenvalue weighted by molar-refractivity contribution is 1.07. The fourth-order valence-electron chi connectivity index (χ4n) is 1.83. The third-order valence-corrected chi connectivity index (χ3v) is 2.49. The van der Waals surface area contributed by atoms with Gasteiger partial charge in [0.25, 0.3) is 0 Å². The molecule has 0 bridgehead atoms. The lowest BCUT2D eigenvalue weighted by atomic mass is 10.0. The molecule has 0 spiro atoms. The minimum atomic E-state index is 1.15. The van der Waals surface area contributed by atoms with E-state index in [1.54, 1.807) is 0 Å². The second-order valence-corrected chi connectivity index (χ2v) is 3.26. The number of hydrogen-bond acceptors (Lipinski definition) is 0. The molecule has 0 unspecified atom stereocenters. The maximum atomic E-state index is 2.37. The minimum Gasteiger partial charge on any atom is -0.0764 e. The van der Waals surface area contributed by atoms with Crippen molar-refractivity contribution >= 4 is 12.2 Å². The summed E-state index contributed by atoms with van der Waals surface area (Å²) < 4.78 is 0. The molecule has 0 radical (unpaired) electrons.